The second kappa shape index (κ2) is 3.73. The van der Waals surface area contributed by atoms with Gasteiger partial charge in [-0.2, -0.15) is 5.10 Å². The fourth-order valence-corrected chi connectivity index (χ4v) is 1.51. The lowest BCUT2D eigenvalue weighted by Gasteiger charge is -2.20. The molecule has 2 N–H and O–H groups in total. The van der Waals surface area contributed by atoms with Crippen molar-refractivity contribution in [2.45, 2.75) is 47.2 Å². The first-order valence-electron chi connectivity index (χ1n) is 5.09. The number of hydrogen-bond acceptors (Lipinski definition) is 2. The molecule has 0 aliphatic heterocycles. The van der Waals surface area contributed by atoms with Crippen molar-refractivity contribution in [1.29, 1.82) is 0 Å². The summed E-state index contributed by atoms with van der Waals surface area (Å²) in [4.78, 5) is 0. The van der Waals surface area contributed by atoms with Crippen LogP contribution in [-0.4, -0.2) is 9.78 Å². The third-order valence-electron chi connectivity index (χ3n) is 2.02. The van der Waals surface area contributed by atoms with E-state index in [4.69, 9.17) is 5.73 Å². The van der Waals surface area contributed by atoms with Gasteiger partial charge in [0.25, 0.3) is 0 Å². The molecule has 1 heterocycles. The normalized spacial score (nSPS) is 14.4. The fraction of sp³-hybridized carbons (Fsp3) is 0.727. The average molecular weight is 195 g/mol. The molecule has 0 saturated carbocycles. The van der Waals surface area contributed by atoms with Gasteiger partial charge in [0.05, 0.1) is 11.4 Å². The number of aromatic nitrogens is 2. The molecule has 0 aliphatic carbocycles. The molecule has 1 aromatic rings. The third kappa shape index (κ3) is 2.84. The highest BCUT2D eigenvalue weighted by Crippen LogP contribution is 2.20. The van der Waals surface area contributed by atoms with Crippen LogP contribution in [-0.2, 0) is 6.54 Å². The molecule has 0 fully saturated rings. The number of nitrogens with two attached hydrogens (primary N) is 1. The van der Waals surface area contributed by atoms with Gasteiger partial charge in [-0.15, -0.1) is 0 Å². The van der Waals surface area contributed by atoms with Gasteiger partial charge in [-0.25, -0.2) is 0 Å². The molecule has 0 aliphatic rings. The Morgan fingerprint density at radius 1 is 1.50 bits per heavy atom. The highest BCUT2D eigenvalue weighted by molar-refractivity contribution is 5.12. The summed E-state index contributed by atoms with van der Waals surface area (Å²) in [5, 5.41) is 4.45. The van der Waals surface area contributed by atoms with Crippen LogP contribution in [0.4, 0.5) is 0 Å². The second-order valence-corrected chi connectivity index (χ2v) is 5.22. The van der Waals surface area contributed by atoms with Crippen LogP contribution in [0.2, 0.25) is 0 Å². The molecule has 0 amide bonds. The van der Waals surface area contributed by atoms with E-state index in [1.54, 1.807) is 0 Å². The van der Waals surface area contributed by atoms with E-state index in [0.717, 1.165) is 17.9 Å². The summed E-state index contributed by atoms with van der Waals surface area (Å²) in [5.41, 5.74) is 8.29. The summed E-state index contributed by atoms with van der Waals surface area (Å²) in [5.74, 6) is 0. The van der Waals surface area contributed by atoms with Gasteiger partial charge in [0, 0.05) is 12.6 Å². The predicted octanol–water partition coefficient (Wildman–Crippen LogP) is 2.26. The Morgan fingerprint density at radius 2 is 2.07 bits per heavy atom. The zero-order chi connectivity index (χ0) is 10.9. The van der Waals surface area contributed by atoms with Crippen molar-refractivity contribution in [3.05, 3.63) is 17.5 Å². The molecule has 1 atom stereocenters. The Hall–Kier alpha value is -0.830. The lowest BCUT2D eigenvalue weighted by atomic mass is 9.97. The first-order valence-corrected chi connectivity index (χ1v) is 5.09. The molecule has 14 heavy (non-hydrogen) atoms. The van der Waals surface area contributed by atoms with Gasteiger partial charge in [0.2, 0.25) is 0 Å². The summed E-state index contributed by atoms with van der Waals surface area (Å²) in [6.45, 7) is 11.5. The average Bonchev–Trinajstić information content (AvgIpc) is 2.27. The summed E-state index contributed by atoms with van der Waals surface area (Å²) in [6.07, 6.45) is 0. The zero-order valence-corrected chi connectivity index (χ0v) is 9.83. The molecular formula is C11H21N3. The number of aryl methyl sites for hydroxylation is 1. The summed E-state index contributed by atoms with van der Waals surface area (Å²) >= 11 is 0. The number of nitrogens with zero attached hydrogens (tertiary/aromatic N) is 2. The zero-order valence-electron chi connectivity index (χ0n) is 9.83. The van der Waals surface area contributed by atoms with E-state index >= 15 is 0 Å². The first-order chi connectivity index (χ1) is 6.29. The first kappa shape index (κ1) is 11.2. The van der Waals surface area contributed by atoms with E-state index < -0.39 is 0 Å². The molecule has 0 bridgehead atoms. The fourth-order valence-electron chi connectivity index (χ4n) is 1.51. The lowest BCUT2D eigenvalue weighted by molar-refractivity contribution is 0.316. The van der Waals surface area contributed by atoms with Crippen LogP contribution in [0.15, 0.2) is 6.07 Å². The Balaban J connectivity index is 2.96. The van der Waals surface area contributed by atoms with Gasteiger partial charge in [0.15, 0.2) is 0 Å². The number of rotatable bonds is 2. The van der Waals surface area contributed by atoms with Crippen molar-refractivity contribution in [3.8, 4) is 0 Å². The summed E-state index contributed by atoms with van der Waals surface area (Å²) in [6, 6.07) is 2.12. The van der Waals surface area contributed by atoms with Gasteiger partial charge in [-0.1, -0.05) is 20.8 Å². The van der Waals surface area contributed by atoms with Crippen molar-refractivity contribution < 1.29 is 0 Å². The van der Waals surface area contributed by atoms with E-state index in [2.05, 4.69) is 31.9 Å². The summed E-state index contributed by atoms with van der Waals surface area (Å²) < 4.78 is 2.03. The molecule has 1 unspecified atom stereocenters. The van der Waals surface area contributed by atoms with Gasteiger partial charge in [-0.05, 0) is 25.3 Å². The van der Waals surface area contributed by atoms with Crippen LogP contribution in [0.1, 0.15) is 45.1 Å². The highest BCUT2D eigenvalue weighted by atomic mass is 15.3. The maximum Gasteiger partial charge on any atom is 0.0597 e. The van der Waals surface area contributed by atoms with E-state index in [1.165, 1.54) is 0 Å². The van der Waals surface area contributed by atoms with Crippen LogP contribution in [0.25, 0.3) is 0 Å². The molecule has 0 saturated heterocycles. The Morgan fingerprint density at radius 3 is 2.50 bits per heavy atom. The molecule has 0 aromatic carbocycles. The van der Waals surface area contributed by atoms with Crippen LogP contribution in [0.3, 0.4) is 0 Å². The summed E-state index contributed by atoms with van der Waals surface area (Å²) in [7, 11) is 0. The van der Waals surface area contributed by atoms with Gasteiger partial charge in [0.1, 0.15) is 0 Å². The van der Waals surface area contributed by atoms with E-state index in [1.807, 2.05) is 18.5 Å². The Kier molecular flexibility index (Phi) is 3.00. The second-order valence-electron chi connectivity index (χ2n) is 5.22. The molecule has 80 valence electrons. The topological polar surface area (TPSA) is 43.8 Å². The highest BCUT2D eigenvalue weighted by Gasteiger charge is 2.16. The minimum Gasteiger partial charge on any atom is -0.323 e. The minimum atomic E-state index is 0.0542. The van der Waals surface area contributed by atoms with Crippen LogP contribution in [0.5, 0.6) is 0 Å². The smallest absolute Gasteiger partial charge is 0.0597 e. The van der Waals surface area contributed by atoms with E-state index in [9.17, 15) is 0 Å². The van der Waals surface area contributed by atoms with Crippen molar-refractivity contribution in [2.24, 2.45) is 11.1 Å². The van der Waals surface area contributed by atoms with Crippen molar-refractivity contribution >= 4 is 0 Å². The van der Waals surface area contributed by atoms with Crippen LogP contribution in [0, 0.1) is 12.3 Å². The Labute approximate surface area is 86.3 Å². The Bertz CT molecular complexity index is 305. The molecule has 3 nitrogen and oxygen atoms in total. The molecule has 3 heteroatoms. The third-order valence-corrected chi connectivity index (χ3v) is 2.02. The molecular weight excluding hydrogens is 174 g/mol. The number of hydrogen-bond donors (Lipinski definition) is 1. The quantitative estimate of drug-likeness (QED) is 0.786. The lowest BCUT2D eigenvalue weighted by Crippen LogP contribution is -2.21. The van der Waals surface area contributed by atoms with Gasteiger partial charge >= 0.3 is 0 Å². The van der Waals surface area contributed by atoms with Crippen molar-refractivity contribution in [1.82, 2.24) is 9.78 Å². The van der Waals surface area contributed by atoms with Crippen LogP contribution >= 0.6 is 0 Å². The van der Waals surface area contributed by atoms with Crippen molar-refractivity contribution in [2.75, 3.05) is 0 Å². The molecule has 1 aromatic heterocycles. The standard InChI is InChI=1S/C11H21N3/c1-8-6-10(9(2)12)14(13-8)7-11(3,4)5/h6,9H,7,12H2,1-5H3. The maximum atomic E-state index is 5.89. The monoisotopic (exact) mass is 195 g/mol. The van der Waals surface area contributed by atoms with E-state index in [-0.39, 0.29) is 11.5 Å². The van der Waals surface area contributed by atoms with Gasteiger partial charge < -0.3 is 5.73 Å². The van der Waals surface area contributed by atoms with Gasteiger partial charge in [-0.3, -0.25) is 4.68 Å². The van der Waals surface area contributed by atoms with Crippen molar-refractivity contribution in [3.63, 3.8) is 0 Å². The molecule has 0 spiro atoms. The largest absolute Gasteiger partial charge is 0.323 e. The minimum absolute atomic E-state index is 0.0542. The molecule has 1 rings (SSSR count). The van der Waals surface area contributed by atoms with E-state index in [0.29, 0.717) is 0 Å². The molecule has 0 radical (unpaired) electrons. The van der Waals surface area contributed by atoms with Crippen LogP contribution < -0.4 is 5.73 Å². The predicted molar refractivity (Wildman–Crippen MR) is 59.0 cm³/mol. The maximum absolute atomic E-state index is 5.89. The SMILES string of the molecule is Cc1cc(C(C)N)n(CC(C)(C)C)n1.